The lowest BCUT2D eigenvalue weighted by atomic mass is 9.98. The monoisotopic (exact) mass is 329 g/mol. The van der Waals surface area contributed by atoms with E-state index in [2.05, 4.69) is 17.3 Å². The molecule has 3 aromatic rings. The Morgan fingerprint density at radius 2 is 1.80 bits per heavy atom. The quantitative estimate of drug-likeness (QED) is 0.527. The molecule has 122 valence electrons. The van der Waals surface area contributed by atoms with Crippen LogP contribution in [0.2, 0.25) is 0 Å². The Kier molecular flexibility index (Phi) is 3.74. The van der Waals surface area contributed by atoms with Crippen LogP contribution >= 0.6 is 0 Å². The number of nitrogens with zero attached hydrogens (tertiary/aromatic N) is 3. The molecule has 4 rings (SSSR count). The Hall–Kier alpha value is -3.47. The molecule has 0 unspecified atom stereocenters. The molecule has 0 amide bonds. The number of nitro benzene ring substituents is 1. The molecular formula is C20H15N3O2. The van der Waals surface area contributed by atoms with Crippen molar-refractivity contribution in [2.75, 3.05) is 0 Å². The van der Waals surface area contributed by atoms with E-state index in [1.54, 1.807) is 12.1 Å². The van der Waals surface area contributed by atoms with Crippen LogP contribution in [0.25, 0.3) is 17.8 Å². The minimum absolute atomic E-state index is 0.103. The second-order valence-electron chi connectivity index (χ2n) is 5.87. The molecule has 1 aromatic heterocycles. The molecule has 1 heterocycles. The van der Waals surface area contributed by atoms with Crippen LogP contribution in [0, 0.1) is 10.1 Å². The summed E-state index contributed by atoms with van der Waals surface area (Å²) in [4.78, 5) is 10.4. The zero-order valence-electron chi connectivity index (χ0n) is 13.4. The van der Waals surface area contributed by atoms with Crippen LogP contribution in [-0.2, 0) is 6.42 Å². The summed E-state index contributed by atoms with van der Waals surface area (Å²) in [5.41, 5.74) is 5.48. The molecule has 0 aliphatic heterocycles. The first-order valence-corrected chi connectivity index (χ1v) is 7.96. The van der Waals surface area contributed by atoms with Crippen LogP contribution in [-0.4, -0.2) is 14.7 Å². The largest absolute Gasteiger partial charge is 0.269 e. The van der Waals surface area contributed by atoms with Crippen molar-refractivity contribution in [2.24, 2.45) is 0 Å². The van der Waals surface area contributed by atoms with E-state index in [0.717, 1.165) is 34.5 Å². The van der Waals surface area contributed by atoms with Gasteiger partial charge in [-0.2, -0.15) is 5.10 Å². The lowest BCUT2D eigenvalue weighted by Crippen LogP contribution is -2.05. The highest BCUT2D eigenvalue weighted by Crippen LogP contribution is 2.26. The van der Waals surface area contributed by atoms with Crippen molar-refractivity contribution in [3.63, 3.8) is 0 Å². The Bertz CT molecular complexity index is 984. The summed E-state index contributed by atoms with van der Waals surface area (Å²) >= 11 is 0. The molecule has 1 aliphatic carbocycles. The molecule has 0 radical (unpaired) electrons. The van der Waals surface area contributed by atoms with Gasteiger partial charge in [-0.1, -0.05) is 36.4 Å². The number of hydrogen-bond acceptors (Lipinski definition) is 3. The van der Waals surface area contributed by atoms with E-state index in [0.29, 0.717) is 0 Å². The van der Waals surface area contributed by atoms with E-state index in [1.165, 1.54) is 12.1 Å². The third-order valence-corrected chi connectivity index (χ3v) is 4.21. The van der Waals surface area contributed by atoms with Gasteiger partial charge in [0, 0.05) is 24.1 Å². The van der Waals surface area contributed by atoms with Crippen molar-refractivity contribution in [3.05, 3.63) is 99.4 Å². The Balaban J connectivity index is 1.64. The highest BCUT2D eigenvalue weighted by atomic mass is 16.6. The van der Waals surface area contributed by atoms with Crippen LogP contribution in [0.15, 0.2) is 72.4 Å². The number of fused-ring (bicyclic) bond motifs is 1. The number of nitro groups is 1. The van der Waals surface area contributed by atoms with E-state index in [1.807, 2.05) is 47.3 Å². The van der Waals surface area contributed by atoms with Gasteiger partial charge in [-0.3, -0.25) is 10.1 Å². The van der Waals surface area contributed by atoms with Gasteiger partial charge in [-0.05, 0) is 35.4 Å². The van der Waals surface area contributed by atoms with Crippen molar-refractivity contribution >= 4 is 17.8 Å². The van der Waals surface area contributed by atoms with E-state index in [-0.39, 0.29) is 10.6 Å². The summed E-state index contributed by atoms with van der Waals surface area (Å²) in [5.74, 6) is 0. The highest BCUT2D eigenvalue weighted by Gasteiger charge is 2.15. The summed E-state index contributed by atoms with van der Waals surface area (Å²) in [5, 5.41) is 15.3. The van der Waals surface area contributed by atoms with Crippen molar-refractivity contribution in [2.45, 2.75) is 6.42 Å². The van der Waals surface area contributed by atoms with Gasteiger partial charge >= 0.3 is 0 Å². The molecule has 5 nitrogen and oxygen atoms in total. The van der Waals surface area contributed by atoms with Crippen molar-refractivity contribution < 1.29 is 4.92 Å². The van der Waals surface area contributed by atoms with Crippen LogP contribution in [0.4, 0.5) is 5.69 Å². The van der Waals surface area contributed by atoms with Gasteiger partial charge < -0.3 is 0 Å². The Morgan fingerprint density at radius 3 is 2.52 bits per heavy atom. The summed E-state index contributed by atoms with van der Waals surface area (Å²) in [6, 6.07) is 16.6. The number of benzene rings is 2. The fourth-order valence-electron chi connectivity index (χ4n) is 2.95. The van der Waals surface area contributed by atoms with E-state index < -0.39 is 0 Å². The standard InChI is InChI=1S/C20H15N3O2/c24-23(25)19-10-7-15(8-11-19)12-16-6-9-17-14-21-22(20(17)13-16)18-4-2-1-3-5-18/h1-12,14H,13H2. The molecule has 0 N–H and O–H groups in total. The lowest BCUT2D eigenvalue weighted by molar-refractivity contribution is -0.384. The second-order valence-corrected chi connectivity index (χ2v) is 5.87. The number of rotatable bonds is 3. The molecular weight excluding hydrogens is 314 g/mol. The molecule has 0 fully saturated rings. The third-order valence-electron chi connectivity index (χ3n) is 4.21. The average Bonchev–Trinajstić information content (AvgIpc) is 3.06. The first-order chi connectivity index (χ1) is 12.2. The number of hydrogen-bond donors (Lipinski definition) is 0. The minimum Gasteiger partial charge on any atom is -0.258 e. The second kappa shape index (κ2) is 6.20. The number of aromatic nitrogens is 2. The molecule has 1 aliphatic rings. The first-order valence-electron chi connectivity index (χ1n) is 7.96. The van der Waals surface area contributed by atoms with Crippen LogP contribution < -0.4 is 0 Å². The fraction of sp³-hybridized carbons (Fsp3) is 0.0500. The maximum atomic E-state index is 10.8. The smallest absolute Gasteiger partial charge is 0.258 e. The molecule has 0 spiro atoms. The van der Waals surface area contributed by atoms with Crippen LogP contribution in [0.3, 0.4) is 0 Å². The van der Waals surface area contributed by atoms with Crippen LogP contribution in [0.5, 0.6) is 0 Å². The van der Waals surface area contributed by atoms with E-state index >= 15 is 0 Å². The minimum atomic E-state index is -0.387. The molecule has 2 aromatic carbocycles. The van der Waals surface area contributed by atoms with E-state index in [4.69, 9.17) is 0 Å². The van der Waals surface area contributed by atoms with Crippen molar-refractivity contribution in [1.29, 1.82) is 0 Å². The first kappa shape index (κ1) is 15.1. The van der Waals surface area contributed by atoms with Crippen molar-refractivity contribution in [3.8, 4) is 5.69 Å². The number of non-ortho nitro benzene ring substituents is 1. The lowest BCUT2D eigenvalue weighted by Gasteiger charge is -2.13. The third kappa shape index (κ3) is 2.99. The summed E-state index contributed by atoms with van der Waals surface area (Å²) in [6.07, 6.45) is 8.81. The SMILES string of the molecule is O=[N+]([O-])c1ccc(C=C2C=Cc3cnn(-c4ccccc4)c3C2)cc1. The summed E-state index contributed by atoms with van der Waals surface area (Å²) in [7, 11) is 0. The van der Waals surface area contributed by atoms with Gasteiger partial charge in [0.05, 0.1) is 22.5 Å². The summed E-state index contributed by atoms with van der Waals surface area (Å²) in [6.45, 7) is 0. The van der Waals surface area contributed by atoms with Gasteiger partial charge in [0.2, 0.25) is 0 Å². The zero-order chi connectivity index (χ0) is 17.2. The fourth-order valence-corrected chi connectivity index (χ4v) is 2.95. The van der Waals surface area contributed by atoms with Gasteiger partial charge in [0.25, 0.3) is 5.69 Å². The predicted molar refractivity (Wildman–Crippen MR) is 97.4 cm³/mol. The molecule has 5 heteroatoms. The van der Waals surface area contributed by atoms with Crippen molar-refractivity contribution in [1.82, 2.24) is 9.78 Å². The average molecular weight is 329 g/mol. The van der Waals surface area contributed by atoms with Gasteiger partial charge in [-0.25, -0.2) is 4.68 Å². The zero-order valence-corrected chi connectivity index (χ0v) is 13.4. The highest BCUT2D eigenvalue weighted by molar-refractivity contribution is 5.67. The molecule has 25 heavy (non-hydrogen) atoms. The van der Waals surface area contributed by atoms with Crippen LogP contribution in [0.1, 0.15) is 16.8 Å². The summed E-state index contributed by atoms with van der Waals surface area (Å²) < 4.78 is 1.96. The Morgan fingerprint density at radius 1 is 1.04 bits per heavy atom. The molecule has 0 saturated heterocycles. The van der Waals surface area contributed by atoms with Gasteiger partial charge in [0.15, 0.2) is 0 Å². The van der Waals surface area contributed by atoms with E-state index in [9.17, 15) is 10.1 Å². The predicted octanol–water partition coefficient (Wildman–Crippen LogP) is 4.43. The molecule has 0 atom stereocenters. The topological polar surface area (TPSA) is 61.0 Å². The maximum Gasteiger partial charge on any atom is 0.269 e. The molecule has 0 bridgehead atoms. The normalized spacial score (nSPS) is 14.5. The van der Waals surface area contributed by atoms with Gasteiger partial charge in [-0.15, -0.1) is 0 Å². The molecule has 0 saturated carbocycles. The van der Waals surface area contributed by atoms with Gasteiger partial charge in [0.1, 0.15) is 0 Å². The maximum absolute atomic E-state index is 10.8. The number of allylic oxidation sites excluding steroid dienone is 2. The number of para-hydroxylation sites is 1. The Labute approximate surface area is 144 Å².